The third kappa shape index (κ3) is 7.04. The molecule has 0 saturated carbocycles. The van der Waals surface area contributed by atoms with Gasteiger partial charge in [-0.2, -0.15) is 0 Å². The Balaban J connectivity index is 2.80. The zero-order valence-electron chi connectivity index (χ0n) is 14.1. The van der Waals surface area contributed by atoms with Gasteiger partial charge in [-0.1, -0.05) is 25.1 Å². The highest BCUT2D eigenvalue weighted by Gasteiger charge is 2.25. The van der Waals surface area contributed by atoms with Crippen molar-refractivity contribution < 1.29 is 24.2 Å². The largest absolute Gasteiger partial charge is 0.493 e. The van der Waals surface area contributed by atoms with Crippen LogP contribution < -0.4 is 10.1 Å². The Morgan fingerprint density at radius 1 is 1.26 bits per heavy atom. The van der Waals surface area contributed by atoms with Crippen LogP contribution in [-0.2, 0) is 16.0 Å². The Kier molecular flexibility index (Phi) is 6.88. The number of benzene rings is 1. The number of carboxylic acids is 1. The van der Waals surface area contributed by atoms with Crippen molar-refractivity contribution in [2.75, 3.05) is 6.61 Å². The first-order valence-electron chi connectivity index (χ1n) is 7.66. The lowest BCUT2D eigenvalue weighted by Gasteiger charge is -2.22. The summed E-state index contributed by atoms with van der Waals surface area (Å²) in [6.45, 7) is 7.70. The van der Waals surface area contributed by atoms with Gasteiger partial charge in [-0.05, 0) is 38.8 Å². The molecular formula is C17H25NO5. The fourth-order valence-electron chi connectivity index (χ4n) is 1.90. The summed E-state index contributed by atoms with van der Waals surface area (Å²) < 4.78 is 10.7. The van der Waals surface area contributed by atoms with Gasteiger partial charge in [0.15, 0.2) is 0 Å². The predicted octanol–water partition coefficient (Wildman–Crippen LogP) is 3.00. The van der Waals surface area contributed by atoms with E-state index in [1.165, 1.54) is 0 Å². The number of carboxylic acid groups (broad SMARTS) is 1. The van der Waals surface area contributed by atoms with Gasteiger partial charge in [0.1, 0.15) is 17.4 Å². The van der Waals surface area contributed by atoms with E-state index < -0.39 is 23.7 Å². The molecule has 0 aliphatic heterocycles. The topological polar surface area (TPSA) is 84.9 Å². The normalized spacial score (nSPS) is 12.3. The van der Waals surface area contributed by atoms with Crippen LogP contribution in [0.2, 0.25) is 0 Å². The summed E-state index contributed by atoms with van der Waals surface area (Å²) in [6, 6.07) is 6.12. The van der Waals surface area contributed by atoms with Crippen LogP contribution in [0.4, 0.5) is 4.79 Å². The molecule has 1 aromatic carbocycles. The lowest BCUT2D eigenvalue weighted by atomic mass is 10.0. The van der Waals surface area contributed by atoms with Crippen LogP contribution in [0.25, 0.3) is 0 Å². The van der Waals surface area contributed by atoms with Crippen LogP contribution >= 0.6 is 0 Å². The molecule has 0 aliphatic carbocycles. The SMILES string of the molecule is CCCOc1ccccc1CC(NC(=O)OC(C)(C)C)C(=O)O. The van der Waals surface area contributed by atoms with Gasteiger partial charge in [-0.25, -0.2) is 9.59 Å². The van der Waals surface area contributed by atoms with Crippen molar-refractivity contribution >= 4 is 12.1 Å². The summed E-state index contributed by atoms with van der Waals surface area (Å²) in [6.07, 6.45) is 0.221. The Labute approximate surface area is 136 Å². The molecule has 0 heterocycles. The molecule has 128 valence electrons. The van der Waals surface area contributed by atoms with Crippen LogP contribution in [0.5, 0.6) is 5.75 Å². The summed E-state index contributed by atoms with van der Waals surface area (Å²) in [5, 5.41) is 11.7. The lowest BCUT2D eigenvalue weighted by Crippen LogP contribution is -2.44. The summed E-state index contributed by atoms with van der Waals surface area (Å²) in [5.74, 6) is -0.493. The Morgan fingerprint density at radius 3 is 2.48 bits per heavy atom. The van der Waals surface area contributed by atoms with E-state index in [0.29, 0.717) is 12.4 Å². The maximum Gasteiger partial charge on any atom is 0.408 e. The minimum Gasteiger partial charge on any atom is -0.493 e. The third-order valence-corrected chi connectivity index (χ3v) is 2.85. The van der Waals surface area contributed by atoms with Gasteiger partial charge in [0.2, 0.25) is 0 Å². The van der Waals surface area contributed by atoms with E-state index in [9.17, 15) is 14.7 Å². The first kappa shape index (κ1) is 18.8. The highest BCUT2D eigenvalue weighted by Crippen LogP contribution is 2.20. The van der Waals surface area contributed by atoms with E-state index in [4.69, 9.17) is 9.47 Å². The van der Waals surface area contributed by atoms with Crippen LogP contribution in [0.3, 0.4) is 0 Å². The zero-order chi connectivity index (χ0) is 17.5. The molecule has 1 amide bonds. The monoisotopic (exact) mass is 323 g/mol. The van der Waals surface area contributed by atoms with E-state index in [0.717, 1.165) is 12.0 Å². The highest BCUT2D eigenvalue weighted by molar-refractivity contribution is 5.80. The maximum absolute atomic E-state index is 11.8. The molecule has 0 aromatic heterocycles. The number of para-hydroxylation sites is 1. The number of carbonyl (C=O) groups is 2. The molecule has 0 radical (unpaired) electrons. The fraction of sp³-hybridized carbons (Fsp3) is 0.529. The molecule has 1 rings (SSSR count). The van der Waals surface area contributed by atoms with Crippen molar-refractivity contribution in [3.05, 3.63) is 29.8 Å². The number of alkyl carbamates (subject to hydrolysis) is 1. The molecule has 0 aliphatic rings. The summed E-state index contributed by atoms with van der Waals surface area (Å²) in [4.78, 5) is 23.2. The minimum atomic E-state index is -1.12. The smallest absolute Gasteiger partial charge is 0.408 e. The van der Waals surface area contributed by atoms with E-state index in [1.807, 2.05) is 13.0 Å². The van der Waals surface area contributed by atoms with Gasteiger partial charge in [0, 0.05) is 6.42 Å². The minimum absolute atomic E-state index is 0.120. The number of rotatable bonds is 7. The van der Waals surface area contributed by atoms with Gasteiger partial charge in [-0.15, -0.1) is 0 Å². The molecule has 6 heteroatoms. The van der Waals surface area contributed by atoms with Crippen LogP contribution in [0, 0.1) is 0 Å². The Hall–Kier alpha value is -2.24. The zero-order valence-corrected chi connectivity index (χ0v) is 14.1. The van der Waals surface area contributed by atoms with Gasteiger partial charge in [0.05, 0.1) is 6.61 Å². The number of hydrogen-bond donors (Lipinski definition) is 2. The van der Waals surface area contributed by atoms with Gasteiger partial charge in [-0.3, -0.25) is 0 Å². The van der Waals surface area contributed by atoms with E-state index >= 15 is 0 Å². The van der Waals surface area contributed by atoms with E-state index in [1.54, 1.807) is 39.0 Å². The molecule has 2 N–H and O–H groups in total. The summed E-state index contributed by atoms with van der Waals surface area (Å²) in [5.41, 5.74) is 0.0411. The number of carbonyl (C=O) groups excluding carboxylic acids is 1. The van der Waals surface area contributed by atoms with Crippen molar-refractivity contribution in [1.29, 1.82) is 0 Å². The molecule has 1 unspecified atom stereocenters. The maximum atomic E-state index is 11.8. The predicted molar refractivity (Wildman–Crippen MR) is 86.7 cm³/mol. The lowest BCUT2D eigenvalue weighted by molar-refractivity contribution is -0.139. The molecule has 0 saturated heterocycles. The average molecular weight is 323 g/mol. The average Bonchev–Trinajstić information content (AvgIpc) is 2.43. The first-order valence-corrected chi connectivity index (χ1v) is 7.66. The van der Waals surface area contributed by atoms with Crippen molar-refractivity contribution in [2.45, 2.75) is 52.2 Å². The molecule has 0 fully saturated rings. The number of hydrogen-bond acceptors (Lipinski definition) is 4. The molecule has 23 heavy (non-hydrogen) atoms. The van der Waals surface area contributed by atoms with Crippen molar-refractivity contribution in [3.8, 4) is 5.75 Å². The molecule has 0 spiro atoms. The summed E-state index contributed by atoms with van der Waals surface area (Å²) >= 11 is 0. The second-order valence-electron chi connectivity index (χ2n) is 6.20. The second-order valence-corrected chi connectivity index (χ2v) is 6.20. The van der Waals surface area contributed by atoms with E-state index in [2.05, 4.69) is 5.32 Å². The van der Waals surface area contributed by atoms with Crippen molar-refractivity contribution in [2.24, 2.45) is 0 Å². The standard InChI is InChI=1S/C17H25NO5/c1-5-10-22-14-9-7-6-8-12(14)11-13(15(19)20)18-16(21)23-17(2,3)4/h6-9,13H,5,10-11H2,1-4H3,(H,18,21)(H,19,20). The Bertz CT molecular complexity index is 536. The van der Waals surface area contributed by atoms with Gasteiger partial charge >= 0.3 is 12.1 Å². The number of amides is 1. The van der Waals surface area contributed by atoms with E-state index in [-0.39, 0.29) is 6.42 Å². The number of aliphatic carboxylic acids is 1. The number of ether oxygens (including phenoxy) is 2. The van der Waals surface area contributed by atoms with Crippen molar-refractivity contribution in [1.82, 2.24) is 5.32 Å². The quantitative estimate of drug-likeness (QED) is 0.806. The fourth-order valence-corrected chi connectivity index (χ4v) is 1.90. The second kappa shape index (κ2) is 8.41. The molecule has 6 nitrogen and oxygen atoms in total. The third-order valence-electron chi connectivity index (χ3n) is 2.85. The number of nitrogens with one attached hydrogen (secondary N) is 1. The molecular weight excluding hydrogens is 298 g/mol. The van der Waals surface area contributed by atoms with Crippen LogP contribution in [0.15, 0.2) is 24.3 Å². The van der Waals surface area contributed by atoms with Gasteiger partial charge < -0.3 is 19.9 Å². The molecule has 0 bridgehead atoms. The highest BCUT2D eigenvalue weighted by atomic mass is 16.6. The summed E-state index contributed by atoms with van der Waals surface area (Å²) in [7, 11) is 0. The first-order chi connectivity index (χ1) is 10.7. The molecule has 1 aromatic rings. The van der Waals surface area contributed by atoms with Crippen LogP contribution in [-0.4, -0.2) is 35.4 Å². The Morgan fingerprint density at radius 2 is 1.91 bits per heavy atom. The van der Waals surface area contributed by atoms with Crippen LogP contribution in [0.1, 0.15) is 39.7 Å². The van der Waals surface area contributed by atoms with Gasteiger partial charge in [0.25, 0.3) is 0 Å². The molecule has 1 atom stereocenters. The van der Waals surface area contributed by atoms with Crippen molar-refractivity contribution in [3.63, 3.8) is 0 Å².